The molecule has 4 bridgehead atoms. The molecule has 8 atom stereocenters. The van der Waals surface area contributed by atoms with Crippen molar-refractivity contribution in [2.24, 2.45) is 17.3 Å². The average Bonchev–Trinajstić information content (AvgIpc) is 3.36. The highest BCUT2D eigenvalue weighted by atomic mass is 79.9. The monoisotopic (exact) mass is 884 g/mol. The molecular weight excluding hydrogens is 828 g/mol. The SMILES string of the molecule is COc1cc(C[N+]2(C)[C@@H]3CC[C@H]2CC(C(CC(=O)O)(C(=O)O)C2C[C@H]4CC[C@@H](C2)[N+]4(C)Cc2cc(OC)c(OC)c(OC)c2)C3)cc(OC)c1OC.[Br-].[Br-]. The zero-order chi connectivity index (χ0) is 37.6. The van der Waals surface area contributed by atoms with Crippen molar-refractivity contribution in [3.63, 3.8) is 0 Å². The summed E-state index contributed by atoms with van der Waals surface area (Å²) in [5.41, 5.74) is 0.800. The highest BCUT2D eigenvalue weighted by Crippen LogP contribution is 2.59. The standard InChI is InChI=1S/C40H56N2O10.2BrH/c1-41(22-24-13-32(47-3)37(51-7)33(14-24)48-4)28-9-10-29(41)18-26(17-28)40(39(45)46,21-36(43)44)27-19-30-11-12-31(20-27)42(30,2)23-25-15-34(49-5)38(52-8)35(16-25)50-6;;/h13-16,26-31H,9-12,17-23H2,1-8H3;2*1H/t26?,27?,28-,29+,30-,31+,40?,41?,42?;;. The molecule has 4 fully saturated rings. The molecule has 4 aliphatic heterocycles. The van der Waals surface area contributed by atoms with Crippen LogP contribution in [0.5, 0.6) is 34.5 Å². The number of hydrogen-bond acceptors (Lipinski definition) is 8. The van der Waals surface area contributed by atoms with Crippen molar-refractivity contribution < 1.29 is 91.2 Å². The molecule has 0 saturated carbocycles. The molecule has 4 unspecified atom stereocenters. The van der Waals surface area contributed by atoms with Crippen LogP contribution in [-0.4, -0.2) is 112 Å². The maximum Gasteiger partial charge on any atom is 0.310 e. The molecule has 0 amide bonds. The number of carbonyl (C=O) groups is 2. The Morgan fingerprint density at radius 3 is 1.11 bits per heavy atom. The predicted molar refractivity (Wildman–Crippen MR) is 193 cm³/mol. The van der Waals surface area contributed by atoms with Gasteiger partial charge in [0.25, 0.3) is 0 Å². The molecule has 302 valence electrons. The number of methoxy groups -OCH3 is 6. The summed E-state index contributed by atoms with van der Waals surface area (Å²) in [6.45, 7) is 1.48. The maximum atomic E-state index is 13.8. The highest BCUT2D eigenvalue weighted by molar-refractivity contribution is 5.82. The van der Waals surface area contributed by atoms with Crippen molar-refractivity contribution in [3.8, 4) is 34.5 Å². The van der Waals surface area contributed by atoms with E-state index in [1.165, 1.54) is 0 Å². The smallest absolute Gasteiger partial charge is 0.310 e. The fourth-order valence-corrected chi connectivity index (χ4v) is 11.4. The first kappa shape index (κ1) is 43.8. The van der Waals surface area contributed by atoms with Crippen molar-refractivity contribution in [2.45, 2.75) is 95.0 Å². The molecule has 0 spiro atoms. The Morgan fingerprint density at radius 2 is 0.889 bits per heavy atom. The normalized spacial score (nSPS) is 30.5. The van der Waals surface area contributed by atoms with Crippen molar-refractivity contribution in [3.05, 3.63) is 35.4 Å². The number of benzene rings is 2. The van der Waals surface area contributed by atoms with Gasteiger partial charge in [-0.1, -0.05) is 0 Å². The summed E-state index contributed by atoms with van der Waals surface area (Å²) in [4.78, 5) is 26.5. The van der Waals surface area contributed by atoms with E-state index in [1.807, 2.05) is 24.3 Å². The molecule has 4 heterocycles. The van der Waals surface area contributed by atoms with E-state index in [0.29, 0.717) is 60.2 Å². The van der Waals surface area contributed by atoms with Gasteiger partial charge in [-0.25, -0.2) is 0 Å². The van der Waals surface area contributed by atoms with Crippen LogP contribution >= 0.6 is 0 Å². The minimum atomic E-state index is -1.33. The molecule has 0 aromatic heterocycles. The van der Waals surface area contributed by atoms with Crippen molar-refractivity contribution in [1.29, 1.82) is 0 Å². The molecule has 4 saturated heterocycles. The molecule has 6 rings (SSSR count). The molecule has 12 nitrogen and oxygen atoms in total. The van der Waals surface area contributed by atoms with Gasteiger partial charge in [0.1, 0.15) is 13.1 Å². The van der Waals surface area contributed by atoms with Gasteiger partial charge in [0.2, 0.25) is 11.5 Å². The summed E-state index contributed by atoms with van der Waals surface area (Å²) in [5.74, 6) is 1.14. The van der Waals surface area contributed by atoms with Gasteiger partial charge < -0.3 is 81.6 Å². The van der Waals surface area contributed by atoms with Crippen LogP contribution in [0.15, 0.2) is 24.3 Å². The quantitative estimate of drug-likeness (QED) is 0.232. The van der Waals surface area contributed by atoms with Gasteiger partial charge in [-0.05, 0) is 36.1 Å². The Morgan fingerprint density at radius 1 is 0.593 bits per heavy atom. The van der Waals surface area contributed by atoms with Gasteiger partial charge in [-0.3, -0.25) is 9.59 Å². The molecule has 4 aliphatic rings. The Kier molecular flexibility index (Phi) is 13.8. The first-order valence-corrected chi connectivity index (χ1v) is 18.5. The number of rotatable bonds is 15. The number of nitrogens with zero attached hydrogens (tertiary/aromatic N) is 2. The first-order chi connectivity index (χ1) is 24.8. The Hall–Kier alpha value is -2.94. The Labute approximate surface area is 340 Å². The van der Waals surface area contributed by atoms with E-state index in [9.17, 15) is 19.8 Å². The third-order valence-electron chi connectivity index (χ3n) is 14.0. The summed E-state index contributed by atoms with van der Waals surface area (Å²) in [6, 6.07) is 8.91. The lowest BCUT2D eigenvalue weighted by atomic mass is 9.57. The van der Waals surface area contributed by atoms with Crippen molar-refractivity contribution >= 4 is 11.9 Å². The van der Waals surface area contributed by atoms with Gasteiger partial charge in [0.15, 0.2) is 23.0 Å². The molecule has 2 N–H and O–H groups in total. The van der Waals surface area contributed by atoms with Crippen molar-refractivity contribution in [2.75, 3.05) is 56.8 Å². The van der Waals surface area contributed by atoms with E-state index in [1.54, 1.807) is 42.7 Å². The van der Waals surface area contributed by atoms with Crippen LogP contribution in [-0.2, 0) is 22.7 Å². The van der Waals surface area contributed by atoms with E-state index in [2.05, 4.69) is 14.1 Å². The van der Waals surface area contributed by atoms with Crippen LogP contribution < -0.4 is 62.4 Å². The zero-order valence-electron chi connectivity index (χ0n) is 32.9. The summed E-state index contributed by atoms with van der Waals surface area (Å²) in [7, 11) is 14.2. The van der Waals surface area contributed by atoms with Gasteiger partial charge in [0, 0.05) is 62.5 Å². The number of hydrogen-bond donors (Lipinski definition) is 2. The van der Waals surface area contributed by atoms with Crippen LogP contribution in [0.3, 0.4) is 0 Å². The molecular formula is C40H58Br2N2O10. The maximum absolute atomic E-state index is 13.8. The number of carboxylic acid groups (broad SMARTS) is 2. The second-order valence-corrected chi connectivity index (χ2v) is 16.1. The van der Waals surface area contributed by atoms with E-state index in [-0.39, 0.29) is 76.4 Å². The second kappa shape index (κ2) is 17.1. The largest absolute Gasteiger partial charge is 1.00 e. The topological polar surface area (TPSA) is 130 Å². The van der Waals surface area contributed by atoms with Crippen LogP contribution in [0, 0.1) is 17.3 Å². The number of aliphatic carboxylic acids is 2. The predicted octanol–water partition coefficient (Wildman–Crippen LogP) is -0.233. The number of quaternary nitrogens is 2. The van der Waals surface area contributed by atoms with Crippen LogP contribution in [0.1, 0.15) is 68.9 Å². The molecule has 54 heavy (non-hydrogen) atoms. The van der Waals surface area contributed by atoms with Crippen molar-refractivity contribution in [1.82, 2.24) is 0 Å². The Bertz CT molecular complexity index is 1490. The Balaban J connectivity index is 0.00000325. The number of halogens is 2. The van der Waals surface area contributed by atoms with Gasteiger partial charge >= 0.3 is 11.9 Å². The number of fused-ring (bicyclic) bond motifs is 4. The lowest BCUT2D eigenvalue weighted by molar-refractivity contribution is -0.963. The second-order valence-electron chi connectivity index (χ2n) is 16.1. The number of carboxylic acids is 2. The number of ether oxygens (including phenoxy) is 6. The molecule has 0 radical (unpaired) electrons. The summed E-state index contributed by atoms with van der Waals surface area (Å²) >= 11 is 0. The molecule has 0 aliphatic carbocycles. The molecule has 14 heteroatoms. The minimum absolute atomic E-state index is 0. The van der Waals surface area contributed by atoms with Crippen LogP contribution in [0.2, 0.25) is 0 Å². The molecule has 2 aromatic rings. The van der Waals surface area contributed by atoms with Crippen LogP contribution in [0.25, 0.3) is 0 Å². The summed E-state index contributed by atoms with van der Waals surface area (Å²) < 4.78 is 35.3. The third kappa shape index (κ3) is 7.36. The first-order valence-electron chi connectivity index (χ1n) is 18.5. The zero-order valence-corrected chi connectivity index (χ0v) is 36.0. The summed E-state index contributed by atoms with van der Waals surface area (Å²) in [5, 5.41) is 21.7. The molecule has 2 aromatic carbocycles. The number of piperidine rings is 2. The highest BCUT2D eigenvalue weighted by Gasteiger charge is 2.64. The fraction of sp³-hybridized carbons (Fsp3) is 0.650. The minimum Gasteiger partial charge on any atom is -1.00 e. The summed E-state index contributed by atoms with van der Waals surface area (Å²) in [6.07, 6.45) is 6.40. The van der Waals surface area contributed by atoms with Crippen LogP contribution in [0.4, 0.5) is 0 Å². The fourth-order valence-electron chi connectivity index (χ4n) is 11.4. The van der Waals surface area contributed by atoms with E-state index < -0.39 is 17.4 Å². The van der Waals surface area contributed by atoms with Gasteiger partial charge in [-0.2, -0.15) is 0 Å². The van der Waals surface area contributed by atoms with E-state index >= 15 is 0 Å². The van der Waals surface area contributed by atoms with E-state index in [4.69, 9.17) is 28.4 Å². The van der Waals surface area contributed by atoms with Gasteiger partial charge in [-0.15, -0.1) is 0 Å². The average molecular weight is 887 g/mol. The lowest BCUT2D eigenvalue weighted by Crippen LogP contribution is -3.00. The third-order valence-corrected chi connectivity index (χ3v) is 14.0. The van der Waals surface area contributed by atoms with E-state index in [0.717, 1.165) is 58.9 Å². The van der Waals surface area contributed by atoms with Gasteiger partial charge in [0.05, 0.1) is 92.8 Å². The lowest BCUT2D eigenvalue weighted by Gasteiger charge is -2.55.